The molecule has 0 spiro atoms. The zero-order chi connectivity index (χ0) is 16.2. The largest absolute Gasteiger partial charge is 0.497 e. The first kappa shape index (κ1) is 16.8. The molecule has 1 aliphatic rings. The molecule has 0 saturated heterocycles. The van der Waals surface area contributed by atoms with Gasteiger partial charge in [0.25, 0.3) is 0 Å². The van der Waals surface area contributed by atoms with Crippen LogP contribution in [0.25, 0.3) is 0 Å². The lowest BCUT2D eigenvalue weighted by atomic mass is 10.1. The van der Waals surface area contributed by atoms with Gasteiger partial charge in [-0.3, -0.25) is 4.79 Å². The molecule has 1 aliphatic carbocycles. The van der Waals surface area contributed by atoms with Crippen molar-refractivity contribution in [3.05, 3.63) is 29.8 Å². The summed E-state index contributed by atoms with van der Waals surface area (Å²) in [6.07, 6.45) is 3.49. The maximum absolute atomic E-state index is 11.9. The quantitative estimate of drug-likeness (QED) is 0.766. The van der Waals surface area contributed by atoms with E-state index in [1.54, 1.807) is 7.11 Å². The zero-order valence-electron chi connectivity index (χ0n) is 12.9. The number of sulfonamides is 1. The summed E-state index contributed by atoms with van der Waals surface area (Å²) < 4.78 is 29.7. The highest BCUT2D eigenvalue weighted by Crippen LogP contribution is 2.28. The third kappa shape index (κ3) is 4.99. The Morgan fingerprint density at radius 3 is 2.73 bits per heavy atom. The first-order valence-corrected chi connectivity index (χ1v) is 9.11. The van der Waals surface area contributed by atoms with Crippen molar-refractivity contribution in [1.82, 2.24) is 9.62 Å². The van der Waals surface area contributed by atoms with E-state index in [-0.39, 0.29) is 18.5 Å². The van der Waals surface area contributed by atoms with Crippen LogP contribution in [0.15, 0.2) is 24.3 Å². The topological polar surface area (TPSA) is 75.7 Å². The van der Waals surface area contributed by atoms with E-state index in [1.807, 2.05) is 24.3 Å². The molecule has 1 N–H and O–H groups in total. The van der Waals surface area contributed by atoms with Crippen molar-refractivity contribution < 1.29 is 17.9 Å². The van der Waals surface area contributed by atoms with Gasteiger partial charge in [0, 0.05) is 12.6 Å². The van der Waals surface area contributed by atoms with Gasteiger partial charge < -0.3 is 10.1 Å². The molecule has 0 atom stereocenters. The summed E-state index contributed by atoms with van der Waals surface area (Å²) in [5, 5.41) is 2.77. The van der Waals surface area contributed by atoms with Crippen LogP contribution >= 0.6 is 0 Å². The van der Waals surface area contributed by atoms with E-state index in [2.05, 4.69) is 5.32 Å². The molecule has 2 rings (SSSR count). The minimum atomic E-state index is -3.33. The molecule has 0 unspecified atom stereocenters. The summed E-state index contributed by atoms with van der Waals surface area (Å²) in [5.74, 6) is 0.515. The van der Waals surface area contributed by atoms with Crippen LogP contribution in [0, 0.1) is 0 Å². The molecule has 0 bridgehead atoms. The van der Waals surface area contributed by atoms with E-state index in [1.165, 1.54) is 4.31 Å². The second kappa shape index (κ2) is 7.11. The van der Waals surface area contributed by atoms with Crippen molar-refractivity contribution in [2.24, 2.45) is 0 Å². The van der Waals surface area contributed by atoms with E-state index in [0.717, 1.165) is 30.4 Å². The summed E-state index contributed by atoms with van der Waals surface area (Å²) in [4.78, 5) is 11.9. The number of carbonyl (C=O) groups excluding carboxylic acids is 1. The number of amides is 1. The lowest BCUT2D eigenvalue weighted by Crippen LogP contribution is -2.41. The fraction of sp³-hybridized carbons (Fsp3) is 0.533. The van der Waals surface area contributed by atoms with Crippen molar-refractivity contribution >= 4 is 15.9 Å². The van der Waals surface area contributed by atoms with E-state index in [0.29, 0.717) is 13.0 Å². The number of methoxy groups -OCH3 is 1. The Labute approximate surface area is 131 Å². The van der Waals surface area contributed by atoms with Crippen LogP contribution in [0.5, 0.6) is 5.75 Å². The van der Waals surface area contributed by atoms with Crippen LogP contribution < -0.4 is 10.1 Å². The first-order valence-electron chi connectivity index (χ1n) is 7.26. The van der Waals surface area contributed by atoms with Gasteiger partial charge in [-0.15, -0.1) is 0 Å². The van der Waals surface area contributed by atoms with Crippen LogP contribution in [0.1, 0.15) is 18.4 Å². The standard InChI is InChI=1S/C15H22N2O4S/c1-21-14-5-3-4-12(10-14)8-9-16-15(18)11-17(13-6-7-13)22(2,19)20/h3-5,10,13H,6-9,11H2,1-2H3,(H,16,18). The minimum absolute atomic E-state index is 0.000801. The molecule has 6 nitrogen and oxygen atoms in total. The molecule has 0 heterocycles. The summed E-state index contributed by atoms with van der Waals surface area (Å²) >= 11 is 0. The number of hydrogen-bond donors (Lipinski definition) is 1. The van der Waals surface area contributed by atoms with E-state index >= 15 is 0 Å². The third-order valence-corrected chi connectivity index (χ3v) is 4.83. The molecule has 1 aromatic carbocycles. The van der Waals surface area contributed by atoms with Crippen molar-refractivity contribution in [3.8, 4) is 5.75 Å². The molecular weight excluding hydrogens is 304 g/mol. The van der Waals surface area contributed by atoms with Crippen LogP contribution in [0.4, 0.5) is 0 Å². The highest BCUT2D eigenvalue weighted by molar-refractivity contribution is 7.88. The lowest BCUT2D eigenvalue weighted by Gasteiger charge is -2.18. The van der Waals surface area contributed by atoms with Gasteiger partial charge in [-0.1, -0.05) is 12.1 Å². The molecular formula is C15H22N2O4S. The number of carbonyl (C=O) groups is 1. The number of nitrogens with one attached hydrogen (secondary N) is 1. The highest BCUT2D eigenvalue weighted by atomic mass is 32.2. The van der Waals surface area contributed by atoms with E-state index < -0.39 is 10.0 Å². The second-order valence-electron chi connectivity index (χ2n) is 5.49. The monoisotopic (exact) mass is 326 g/mol. The molecule has 0 radical (unpaired) electrons. The van der Waals surface area contributed by atoms with Gasteiger partial charge in [0.05, 0.1) is 19.9 Å². The summed E-state index contributed by atoms with van der Waals surface area (Å²) in [6.45, 7) is 0.371. The number of ether oxygens (including phenoxy) is 1. The van der Waals surface area contributed by atoms with Crippen LogP contribution in [-0.4, -0.2) is 51.1 Å². The van der Waals surface area contributed by atoms with E-state index in [4.69, 9.17) is 4.74 Å². The predicted octanol–water partition coefficient (Wildman–Crippen LogP) is 0.778. The Morgan fingerprint density at radius 1 is 1.41 bits per heavy atom. The molecule has 1 amide bonds. The molecule has 0 aliphatic heterocycles. The predicted molar refractivity (Wildman–Crippen MR) is 84.3 cm³/mol. The van der Waals surface area contributed by atoms with Gasteiger partial charge in [-0.05, 0) is 37.0 Å². The minimum Gasteiger partial charge on any atom is -0.497 e. The van der Waals surface area contributed by atoms with Gasteiger partial charge in [-0.2, -0.15) is 4.31 Å². The van der Waals surface area contributed by atoms with Gasteiger partial charge in [0.2, 0.25) is 15.9 Å². The van der Waals surface area contributed by atoms with Gasteiger partial charge in [0.15, 0.2) is 0 Å². The van der Waals surface area contributed by atoms with Crippen molar-refractivity contribution in [2.45, 2.75) is 25.3 Å². The number of hydrogen-bond acceptors (Lipinski definition) is 4. The number of rotatable bonds is 8. The maximum atomic E-state index is 11.9. The van der Waals surface area contributed by atoms with Crippen LogP contribution in [0.3, 0.4) is 0 Å². The molecule has 22 heavy (non-hydrogen) atoms. The Hall–Kier alpha value is -1.60. The fourth-order valence-electron chi connectivity index (χ4n) is 2.25. The summed E-state index contributed by atoms with van der Waals surface area (Å²) in [7, 11) is -1.72. The first-order chi connectivity index (χ1) is 10.4. The molecule has 7 heteroatoms. The average molecular weight is 326 g/mol. The van der Waals surface area contributed by atoms with Crippen molar-refractivity contribution in [2.75, 3.05) is 26.5 Å². The molecule has 122 valence electrons. The molecule has 1 saturated carbocycles. The number of nitrogens with zero attached hydrogens (tertiary/aromatic N) is 1. The zero-order valence-corrected chi connectivity index (χ0v) is 13.7. The normalized spacial score (nSPS) is 14.9. The Morgan fingerprint density at radius 2 is 2.14 bits per heavy atom. The highest BCUT2D eigenvalue weighted by Gasteiger charge is 2.36. The summed E-state index contributed by atoms with van der Waals surface area (Å²) in [6, 6.07) is 7.64. The Balaban J connectivity index is 1.80. The molecule has 0 aromatic heterocycles. The van der Waals surface area contributed by atoms with Gasteiger partial charge in [-0.25, -0.2) is 8.42 Å². The van der Waals surface area contributed by atoms with Crippen LogP contribution in [-0.2, 0) is 21.2 Å². The lowest BCUT2D eigenvalue weighted by molar-refractivity contribution is -0.121. The third-order valence-electron chi connectivity index (χ3n) is 3.55. The summed E-state index contributed by atoms with van der Waals surface area (Å²) in [5.41, 5.74) is 1.06. The molecule has 1 fully saturated rings. The second-order valence-corrected chi connectivity index (χ2v) is 7.43. The Bertz CT molecular complexity index is 626. The number of benzene rings is 1. The van der Waals surface area contributed by atoms with Gasteiger partial charge in [0.1, 0.15) is 5.75 Å². The van der Waals surface area contributed by atoms with E-state index in [9.17, 15) is 13.2 Å². The van der Waals surface area contributed by atoms with Gasteiger partial charge >= 0.3 is 0 Å². The van der Waals surface area contributed by atoms with Crippen molar-refractivity contribution in [3.63, 3.8) is 0 Å². The van der Waals surface area contributed by atoms with Crippen molar-refractivity contribution in [1.29, 1.82) is 0 Å². The Kier molecular flexibility index (Phi) is 5.42. The smallest absolute Gasteiger partial charge is 0.235 e. The maximum Gasteiger partial charge on any atom is 0.235 e. The molecule has 1 aromatic rings. The van der Waals surface area contributed by atoms with Crippen LogP contribution in [0.2, 0.25) is 0 Å². The fourth-order valence-corrected chi connectivity index (χ4v) is 3.36. The SMILES string of the molecule is COc1cccc(CCNC(=O)CN(C2CC2)S(C)(=O)=O)c1. The average Bonchev–Trinajstić information content (AvgIpc) is 3.28.